The summed E-state index contributed by atoms with van der Waals surface area (Å²) < 4.78 is 0. The molecule has 0 radical (unpaired) electrons. The molecule has 22 heavy (non-hydrogen) atoms. The predicted molar refractivity (Wildman–Crippen MR) is 76.9 cm³/mol. The van der Waals surface area contributed by atoms with Gasteiger partial charge in [0.2, 0.25) is 11.8 Å². The van der Waals surface area contributed by atoms with Crippen LogP contribution >= 0.6 is 0 Å². The topological polar surface area (TPSA) is 159 Å². The lowest BCUT2D eigenvalue weighted by Crippen LogP contribution is -2.52. The first kappa shape index (κ1) is 19.8. The van der Waals surface area contributed by atoms with Crippen molar-refractivity contribution in [3.8, 4) is 0 Å². The van der Waals surface area contributed by atoms with Gasteiger partial charge in [-0.15, -0.1) is 0 Å². The van der Waals surface area contributed by atoms with E-state index >= 15 is 0 Å². The van der Waals surface area contributed by atoms with Gasteiger partial charge in [0.25, 0.3) is 0 Å². The molecule has 0 spiro atoms. The highest BCUT2D eigenvalue weighted by molar-refractivity contribution is 5.91. The standard InChI is InChI=1S/C13H23N3O6/c1-7(2)5-9(13(21)22)16-12(20)8(3-4-11(18)19)15-10(17)6-14/h7-9H,3-6,14H2,1-2H3,(H,15,17)(H,16,20)(H,18,19)(H,21,22)/t8-,9-/m0/s1. The number of carbonyl (C=O) groups is 4. The molecule has 0 bridgehead atoms. The Hall–Kier alpha value is -2.16. The Balaban J connectivity index is 4.86. The lowest BCUT2D eigenvalue weighted by molar-refractivity contribution is -0.143. The van der Waals surface area contributed by atoms with Gasteiger partial charge in [0, 0.05) is 6.42 Å². The van der Waals surface area contributed by atoms with Gasteiger partial charge >= 0.3 is 11.9 Å². The lowest BCUT2D eigenvalue weighted by atomic mass is 10.0. The van der Waals surface area contributed by atoms with Crippen LogP contribution in [0.15, 0.2) is 0 Å². The first-order valence-corrected chi connectivity index (χ1v) is 6.91. The highest BCUT2D eigenvalue weighted by Gasteiger charge is 2.27. The minimum Gasteiger partial charge on any atom is -0.481 e. The van der Waals surface area contributed by atoms with Gasteiger partial charge in [0.1, 0.15) is 12.1 Å². The molecule has 0 aromatic rings. The normalized spacial score (nSPS) is 13.3. The monoisotopic (exact) mass is 317 g/mol. The molecular formula is C13H23N3O6. The minimum absolute atomic E-state index is 0.0394. The first-order chi connectivity index (χ1) is 10.2. The molecule has 0 aromatic carbocycles. The number of carbonyl (C=O) groups excluding carboxylic acids is 2. The number of hydrogen-bond donors (Lipinski definition) is 5. The van der Waals surface area contributed by atoms with Gasteiger partial charge in [-0.2, -0.15) is 0 Å². The Morgan fingerprint density at radius 2 is 1.64 bits per heavy atom. The molecule has 0 unspecified atom stereocenters. The molecule has 2 atom stereocenters. The zero-order valence-corrected chi connectivity index (χ0v) is 12.7. The van der Waals surface area contributed by atoms with Crippen molar-refractivity contribution in [3.05, 3.63) is 0 Å². The van der Waals surface area contributed by atoms with E-state index in [2.05, 4.69) is 10.6 Å². The molecule has 0 aliphatic heterocycles. The van der Waals surface area contributed by atoms with Crippen LogP contribution in [0.1, 0.15) is 33.1 Å². The maximum absolute atomic E-state index is 12.1. The molecule has 0 saturated carbocycles. The van der Waals surface area contributed by atoms with E-state index in [1.807, 2.05) is 0 Å². The van der Waals surface area contributed by atoms with Crippen LogP contribution in [-0.4, -0.2) is 52.6 Å². The van der Waals surface area contributed by atoms with Crippen LogP contribution in [0.4, 0.5) is 0 Å². The number of hydrogen-bond acceptors (Lipinski definition) is 5. The summed E-state index contributed by atoms with van der Waals surface area (Å²) in [7, 11) is 0. The number of carboxylic acid groups (broad SMARTS) is 2. The molecule has 9 heteroatoms. The van der Waals surface area contributed by atoms with E-state index in [1.165, 1.54) is 0 Å². The van der Waals surface area contributed by atoms with Crippen LogP contribution in [0.3, 0.4) is 0 Å². The molecule has 0 aromatic heterocycles. The fourth-order valence-corrected chi connectivity index (χ4v) is 1.76. The van der Waals surface area contributed by atoms with Crippen LogP contribution in [0.5, 0.6) is 0 Å². The van der Waals surface area contributed by atoms with Gasteiger partial charge in [0.15, 0.2) is 0 Å². The molecule has 0 aliphatic carbocycles. The average Bonchev–Trinajstić information content (AvgIpc) is 2.41. The van der Waals surface area contributed by atoms with Crippen LogP contribution < -0.4 is 16.4 Å². The number of aliphatic carboxylic acids is 2. The van der Waals surface area contributed by atoms with E-state index in [9.17, 15) is 19.2 Å². The van der Waals surface area contributed by atoms with Crippen molar-refractivity contribution in [1.82, 2.24) is 10.6 Å². The predicted octanol–water partition coefficient (Wildman–Crippen LogP) is -1.09. The number of nitrogens with two attached hydrogens (primary N) is 1. The fraction of sp³-hybridized carbons (Fsp3) is 0.692. The third kappa shape index (κ3) is 8.20. The van der Waals surface area contributed by atoms with Crippen LogP contribution in [-0.2, 0) is 19.2 Å². The summed E-state index contributed by atoms with van der Waals surface area (Å²) in [6.45, 7) is 3.26. The highest BCUT2D eigenvalue weighted by atomic mass is 16.4. The van der Waals surface area contributed by atoms with Crippen molar-refractivity contribution < 1.29 is 29.4 Å². The second kappa shape index (κ2) is 9.72. The van der Waals surface area contributed by atoms with Crippen molar-refractivity contribution in [1.29, 1.82) is 0 Å². The maximum atomic E-state index is 12.1. The zero-order valence-electron chi connectivity index (χ0n) is 12.7. The molecular weight excluding hydrogens is 294 g/mol. The highest BCUT2D eigenvalue weighted by Crippen LogP contribution is 2.06. The molecule has 0 rings (SSSR count). The van der Waals surface area contributed by atoms with E-state index in [0.717, 1.165) is 0 Å². The van der Waals surface area contributed by atoms with Crippen molar-refractivity contribution in [2.24, 2.45) is 11.7 Å². The number of rotatable bonds is 10. The van der Waals surface area contributed by atoms with Gasteiger partial charge in [-0.05, 0) is 18.8 Å². The Morgan fingerprint density at radius 3 is 2.05 bits per heavy atom. The van der Waals surface area contributed by atoms with Crippen LogP contribution in [0, 0.1) is 5.92 Å². The molecule has 126 valence electrons. The van der Waals surface area contributed by atoms with E-state index in [-0.39, 0.29) is 31.7 Å². The van der Waals surface area contributed by atoms with E-state index in [1.54, 1.807) is 13.8 Å². The summed E-state index contributed by atoms with van der Waals surface area (Å²) in [5, 5.41) is 22.3. The molecule has 0 heterocycles. The Bertz CT molecular complexity index is 424. The van der Waals surface area contributed by atoms with Gasteiger partial charge in [-0.1, -0.05) is 13.8 Å². The van der Waals surface area contributed by atoms with Crippen LogP contribution in [0.25, 0.3) is 0 Å². The van der Waals surface area contributed by atoms with Crippen molar-refractivity contribution in [3.63, 3.8) is 0 Å². The SMILES string of the molecule is CC(C)C[C@H](NC(=O)[C@H](CCC(=O)O)NC(=O)CN)C(=O)O. The number of amides is 2. The van der Waals surface area contributed by atoms with Crippen molar-refractivity contribution in [2.75, 3.05) is 6.54 Å². The molecule has 0 saturated heterocycles. The van der Waals surface area contributed by atoms with E-state index < -0.39 is 35.8 Å². The van der Waals surface area contributed by atoms with Gasteiger partial charge < -0.3 is 26.6 Å². The molecule has 0 aliphatic rings. The summed E-state index contributed by atoms with van der Waals surface area (Å²) in [6.07, 6.45) is -0.274. The average molecular weight is 317 g/mol. The number of nitrogens with one attached hydrogen (secondary N) is 2. The van der Waals surface area contributed by atoms with Gasteiger partial charge in [0.05, 0.1) is 6.54 Å². The molecule has 2 amide bonds. The Morgan fingerprint density at radius 1 is 1.05 bits per heavy atom. The molecule has 0 fully saturated rings. The summed E-state index contributed by atoms with van der Waals surface area (Å²) in [5.41, 5.74) is 5.14. The summed E-state index contributed by atoms with van der Waals surface area (Å²) in [6, 6.07) is -2.24. The number of carboxylic acids is 2. The third-order valence-electron chi connectivity index (χ3n) is 2.81. The Labute approximate surface area is 128 Å². The quantitative estimate of drug-likeness (QED) is 0.342. The van der Waals surface area contributed by atoms with Gasteiger partial charge in [-0.3, -0.25) is 14.4 Å². The molecule has 6 N–H and O–H groups in total. The fourth-order valence-electron chi connectivity index (χ4n) is 1.76. The van der Waals surface area contributed by atoms with Gasteiger partial charge in [-0.25, -0.2) is 4.79 Å². The first-order valence-electron chi connectivity index (χ1n) is 6.91. The summed E-state index contributed by atoms with van der Waals surface area (Å²) in [5.74, 6) is -3.64. The Kier molecular flexibility index (Phi) is 8.76. The summed E-state index contributed by atoms with van der Waals surface area (Å²) >= 11 is 0. The second-order valence-corrected chi connectivity index (χ2v) is 5.29. The lowest BCUT2D eigenvalue weighted by Gasteiger charge is -2.21. The van der Waals surface area contributed by atoms with Crippen molar-refractivity contribution in [2.45, 2.75) is 45.2 Å². The maximum Gasteiger partial charge on any atom is 0.326 e. The van der Waals surface area contributed by atoms with E-state index in [0.29, 0.717) is 0 Å². The van der Waals surface area contributed by atoms with Crippen LogP contribution in [0.2, 0.25) is 0 Å². The third-order valence-corrected chi connectivity index (χ3v) is 2.81. The van der Waals surface area contributed by atoms with Crippen molar-refractivity contribution >= 4 is 23.8 Å². The largest absolute Gasteiger partial charge is 0.481 e. The minimum atomic E-state index is -1.19. The zero-order chi connectivity index (χ0) is 17.3. The smallest absolute Gasteiger partial charge is 0.326 e. The summed E-state index contributed by atoms with van der Waals surface area (Å²) in [4.78, 5) is 45.1. The second-order valence-electron chi connectivity index (χ2n) is 5.29. The molecule has 9 nitrogen and oxygen atoms in total. The van der Waals surface area contributed by atoms with E-state index in [4.69, 9.17) is 15.9 Å².